The first-order chi connectivity index (χ1) is 6.35. The summed E-state index contributed by atoms with van der Waals surface area (Å²) in [5.74, 6) is -0.473. The Labute approximate surface area is 85.2 Å². The zero-order valence-electron chi connectivity index (χ0n) is 8.87. The molecule has 0 aliphatic rings. The van der Waals surface area contributed by atoms with Crippen LogP contribution in [-0.2, 0) is 13.9 Å². The van der Waals surface area contributed by atoms with Gasteiger partial charge in [-0.25, -0.2) is 0 Å². The normalized spacial score (nSPS) is 13.4. The molecule has 0 heterocycles. The maximum Gasteiger partial charge on any atom is 0.284 e. The second kappa shape index (κ2) is 5.96. The van der Waals surface area contributed by atoms with Gasteiger partial charge in [0.25, 0.3) is 8.18 Å². The predicted molar refractivity (Wildman–Crippen MR) is 56.2 cm³/mol. The van der Waals surface area contributed by atoms with E-state index in [0.717, 1.165) is 17.1 Å². The lowest BCUT2D eigenvalue weighted by Crippen LogP contribution is -2.37. The van der Waals surface area contributed by atoms with E-state index in [9.17, 15) is 9.36 Å². The van der Waals surface area contributed by atoms with Crippen molar-refractivity contribution in [3.8, 4) is 0 Å². The highest BCUT2D eigenvalue weighted by atomic mass is 31.1. The molecule has 0 rings (SSSR count). The Kier molecular flexibility index (Phi) is 5.69. The van der Waals surface area contributed by atoms with Gasteiger partial charge in [0.15, 0.2) is 0 Å². The molecule has 6 heteroatoms. The average molecular weight is 221 g/mol. The van der Waals surface area contributed by atoms with Crippen LogP contribution in [0.3, 0.4) is 0 Å². The highest BCUT2D eigenvalue weighted by molar-refractivity contribution is 7.37. The SMILES string of the molecule is C=CC(=O)N[PH](=O)OCC[N+](C)(C)C. The third kappa shape index (κ3) is 7.98. The number of nitrogens with zero attached hydrogens (tertiary/aromatic N) is 1. The van der Waals surface area contributed by atoms with Crippen LogP contribution in [0.15, 0.2) is 12.7 Å². The smallest absolute Gasteiger partial charge is 0.284 e. The van der Waals surface area contributed by atoms with E-state index in [0.29, 0.717) is 6.61 Å². The molecule has 82 valence electrons. The lowest BCUT2D eigenvalue weighted by molar-refractivity contribution is -0.870. The van der Waals surface area contributed by atoms with Gasteiger partial charge >= 0.3 is 0 Å². The van der Waals surface area contributed by atoms with Crippen LogP contribution < -0.4 is 5.09 Å². The van der Waals surface area contributed by atoms with E-state index in [4.69, 9.17) is 4.52 Å². The first-order valence-corrected chi connectivity index (χ1v) is 5.57. The molecule has 0 aliphatic heterocycles. The molecular formula is C8H18N2O3P+. The summed E-state index contributed by atoms with van der Waals surface area (Å²) >= 11 is 0. The third-order valence-electron chi connectivity index (χ3n) is 1.41. The van der Waals surface area contributed by atoms with E-state index < -0.39 is 14.1 Å². The van der Waals surface area contributed by atoms with Gasteiger partial charge in [-0.1, -0.05) is 6.58 Å². The molecule has 0 radical (unpaired) electrons. The van der Waals surface area contributed by atoms with Crippen LogP contribution in [0.4, 0.5) is 0 Å². The summed E-state index contributed by atoms with van der Waals surface area (Å²) in [4.78, 5) is 10.7. The van der Waals surface area contributed by atoms with E-state index in [1.54, 1.807) is 0 Å². The number of carbonyl (C=O) groups is 1. The molecule has 1 unspecified atom stereocenters. The van der Waals surface area contributed by atoms with Gasteiger partial charge in [-0.15, -0.1) is 0 Å². The molecule has 0 aliphatic carbocycles. The first kappa shape index (κ1) is 13.4. The predicted octanol–water partition coefficient (Wildman–Crippen LogP) is 0.401. The number of quaternary nitrogens is 1. The summed E-state index contributed by atoms with van der Waals surface area (Å²) < 4.78 is 16.7. The van der Waals surface area contributed by atoms with Crippen LogP contribution in [0.1, 0.15) is 0 Å². The Hall–Kier alpha value is -0.640. The minimum atomic E-state index is -2.45. The molecule has 0 aromatic heterocycles. The zero-order chi connectivity index (χ0) is 11.2. The van der Waals surface area contributed by atoms with Crippen LogP contribution >= 0.6 is 8.18 Å². The summed E-state index contributed by atoms with van der Waals surface area (Å²) in [6, 6.07) is 0. The lowest BCUT2D eigenvalue weighted by atomic mass is 10.5. The molecule has 1 N–H and O–H groups in total. The van der Waals surface area contributed by atoms with Crippen molar-refractivity contribution in [2.24, 2.45) is 0 Å². The number of rotatable bonds is 6. The van der Waals surface area contributed by atoms with Crippen LogP contribution in [0.2, 0.25) is 0 Å². The van der Waals surface area contributed by atoms with Crippen molar-refractivity contribution in [1.82, 2.24) is 5.09 Å². The molecule has 0 aromatic rings. The molecule has 0 saturated carbocycles. The topological polar surface area (TPSA) is 55.4 Å². The van der Waals surface area contributed by atoms with E-state index in [1.165, 1.54) is 0 Å². The monoisotopic (exact) mass is 221 g/mol. The fourth-order valence-electron chi connectivity index (χ4n) is 0.600. The number of hydrogen-bond acceptors (Lipinski definition) is 3. The summed E-state index contributed by atoms with van der Waals surface area (Å²) in [5.41, 5.74) is 0. The summed E-state index contributed by atoms with van der Waals surface area (Å²) in [6.45, 7) is 4.34. The Balaban J connectivity index is 3.65. The Morgan fingerprint density at radius 2 is 2.14 bits per heavy atom. The van der Waals surface area contributed by atoms with Gasteiger partial charge in [0.2, 0.25) is 5.91 Å². The highest BCUT2D eigenvalue weighted by Crippen LogP contribution is 2.15. The van der Waals surface area contributed by atoms with Crippen LogP contribution in [0.5, 0.6) is 0 Å². The molecule has 0 fully saturated rings. The van der Waals surface area contributed by atoms with Crippen LogP contribution in [0, 0.1) is 0 Å². The number of hydrogen-bond donors (Lipinski definition) is 1. The molecular weight excluding hydrogens is 203 g/mol. The van der Waals surface area contributed by atoms with Crippen molar-refractivity contribution < 1.29 is 18.4 Å². The van der Waals surface area contributed by atoms with Crippen LogP contribution in [0.25, 0.3) is 0 Å². The Morgan fingerprint density at radius 1 is 1.57 bits per heavy atom. The Morgan fingerprint density at radius 3 is 2.57 bits per heavy atom. The Bertz CT molecular complexity index is 235. The van der Waals surface area contributed by atoms with Crippen molar-refractivity contribution in [3.63, 3.8) is 0 Å². The fourth-order valence-corrected chi connectivity index (χ4v) is 1.25. The second-order valence-electron chi connectivity index (χ2n) is 3.84. The van der Waals surface area contributed by atoms with E-state index in [2.05, 4.69) is 11.7 Å². The zero-order valence-corrected chi connectivity index (χ0v) is 9.87. The first-order valence-electron chi connectivity index (χ1n) is 4.26. The molecule has 1 amide bonds. The van der Waals surface area contributed by atoms with Crippen molar-refractivity contribution in [1.29, 1.82) is 0 Å². The van der Waals surface area contributed by atoms with Crippen molar-refractivity contribution in [3.05, 3.63) is 12.7 Å². The largest absolute Gasteiger partial charge is 0.329 e. The van der Waals surface area contributed by atoms with Gasteiger partial charge < -0.3 is 9.01 Å². The highest BCUT2D eigenvalue weighted by Gasteiger charge is 2.08. The van der Waals surface area contributed by atoms with Gasteiger partial charge in [0, 0.05) is 0 Å². The quantitative estimate of drug-likeness (QED) is 0.401. The molecule has 0 aromatic carbocycles. The van der Waals surface area contributed by atoms with E-state index in [-0.39, 0.29) is 0 Å². The van der Waals surface area contributed by atoms with Crippen LogP contribution in [-0.4, -0.2) is 44.7 Å². The number of carbonyl (C=O) groups excluding carboxylic acids is 1. The van der Waals surface area contributed by atoms with E-state index >= 15 is 0 Å². The number of nitrogens with one attached hydrogen (secondary N) is 1. The summed E-state index contributed by atoms with van der Waals surface area (Å²) in [7, 11) is 3.55. The van der Waals surface area contributed by atoms with E-state index in [1.807, 2.05) is 21.1 Å². The van der Waals surface area contributed by atoms with Gasteiger partial charge in [-0.3, -0.25) is 14.4 Å². The van der Waals surface area contributed by atoms with Crippen molar-refractivity contribution in [2.75, 3.05) is 34.3 Å². The third-order valence-corrected chi connectivity index (χ3v) is 2.32. The molecule has 1 atom stereocenters. The average Bonchev–Trinajstić information content (AvgIpc) is 2.01. The number of likely N-dealkylation sites (N-methyl/N-ethyl adjacent to an activating group) is 1. The minimum Gasteiger partial charge on any atom is -0.329 e. The minimum absolute atomic E-state index is 0.360. The summed E-state index contributed by atoms with van der Waals surface area (Å²) in [5, 5.41) is 2.18. The van der Waals surface area contributed by atoms with Gasteiger partial charge in [-0.05, 0) is 6.08 Å². The second-order valence-corrected chi connectivity index (χ2v) is 4.96. The lowest BCUT2D eigenvalue weighted by Gasteiger charge is -2.23. The van der Waals surface area contributed by atoms with Gasteiger partial charge in [0.1, 0.15) is 13.2 Å². The van der Waals surface area contributed by atoms with Crippen molar-refractivity contribution >= 4 is 14.1 Å². The van der Waals surface area contributed by atoms with Crippen molar-refractivity contribution in [2.45, 2.75) is 0 Å². The summed E-state index contributed by atoms with van der Waals surface area (Å²) in [6.07, 6.45) is 1.06. The maximum atomic E-state index is 11.1. The fraction of sp³-hybridized carbons (Fsp3) is 0.625. The number of amides is 1. The van der Waals surface area contributed by atoms with Gasteiger partial charge in [-0.2, -0.15) is 0 Å². The van der Waals surface area contributed by atoms with Gasteiger partial charge in [0.05, 0.1) is 21.1 Å². The molecule has 0 bridgehead atoms. The molecule has 5 nitrogen and oxygen atoms in total. The molecule has 14 heavy (non-hydrogen) atoms. The molecule has 0 spiro atoms. The maximum absolute atomic E-state index is 11.1. The molecule has 0 saturated heterocycles. The standard InChI is InChI=1S/C8H17N2O3P/c1-5-8(11)9-14(12)13-7-6-10(2,3)4/h5,14H,1,6-7H2,2-4H3/p+1.